The van der Waals surface area contributed by atoms with Crippen molar-refractivity contribution in [2.45, 2.75) is 32.9 Å². The highest BCUT2D eigenvalue weighted by Gasteiger charge is 2.15. The van der Waals surface area contributed by atoms with Gasteiger partial charge in [-0.05, 0) is 25.8 Å². The molecule has 3 rings (SSSR count). The lowest BCUT2D eigenvalue weighted by Gasteiger charge is -2.07. The molecule has 0 saturated heterocycles. The van der Waals surface area contributed by atoms with Crippen LogP contribution in [0.2, 0.25) is 0 Å². The Bertz CT molecular complexity index is 867. The van der Waals surface area contributed by atoms with Gasteiger partial charge in [-0.1, -0.05) is 30.3 Å². The molecule has 0 bridgehead atoms. The van der Waals surface area contributed by atoms with Gasteiger partial charge >= 0.3 is 0 Å². The minimum absolute atomic E-state index is 0.0177. The zero-order chi connectivity index (χ0) is 18.5. The molecule has 2 aromatic heterocycles. The summed E-state index contributed by atoms with van der Waals surface area (Å²) in [5.41, 5.74) is 2.19. The number of hydrogen-bond acceptors (Lipinski definition) is 4. The Kier molecular flexibility index (Phi) is 5.36. The lowest BCUT2D eigenvalue weighted by atomic mass is 10.1. The van der Waals surface area contributed by atoms with E-state index in [9.17, 15) is 4.79 Å². The maximum Gasteiger partial charge on any atom is 0.276 e. The maximum atomic E-state index is 12.4. The number of rotatable bonds is 7. The number of amides is 1. The molecule has 0 aliphatic carbocycles. The van der Waals surface area contributed by atoms with Crippen LogP contribution in [0, 0.1) is 0 Å². The number of aryl methyl sites for hydroxylation is 3. The second kappa shape index (κ2) is 7.86. The summed E-state index contributed by atoms with van der Waals surface area (Å²) in [7, 11) is 1.75. The molecule has 136 valence electrons. The van der Waals surface area contributed by atoms with Gasteiger partial charge in [0.15, 0.2) is 5.69 Å². The first kappa shape index (κ1) is 17.7. The Morgan fingerprint density at radius 3 is 2.77 bits per heavy atom. The van der Waals surface area contributed by atoms with Crippen molar-refractivity contribution < 1.29 is 9.53 Å². The average Bonchev–Trinajstić information content (AvgIpc) is 3.20. The molecular formula is C19H23N5O2. The highest BCUT2D eigenvalue weighted by Crippen LogP contribution is 2.15. The fourth-order valence-electron chi connectivity index (χ4n) is 2.55. The second-order valence-electron chi connectivity index (χ2n) is 6.34. The largest absolute Gasteiger partial charge is 0.475 e. The molecule has 26 heavy (non-hydrogen) atoms. The van der Waals surface area contributed by atoms with Crippen molar-refractivity contribution >= 4 is 11.6 Å². The molecule has 0 atom stereocenters. The molecule has 0 radical (unpaired) electrons. The van der Waals surface area contributed by atoms with Crippen molar-refractivity contribution in [2.24, 2.45) is 7.05 Å². The third-order valence-corrected chi connectivity index (χ3v) is 3.79. The summed E-state index contributed by atoms with van der Waals surface area (Å²) in [6.07, 6.45) is 4.35. The number of carbonyl (C=O) groups is 1. The SMILES string of the molecule is CC(C)Oc1cc(C(=O)Nc2cnn(CCc3ccccc3)c2)nn1C. The molecule has 3 aromatic rings. The fourth-order valence-corrected chi connectivity index (χ4v) is 2.55. The monoisotopic (exact) mass is 353 g/mol. The van der Waals surface area contributed by atoms with Crippen molar-refractivity contribution in [1.82, 2.24) is 19.6 Å². The molecule has 7 nitrogen and oxygen atoms in total. The van der Waals surface area contributed by atoms with E-state index in [1.165, 1.54) is 5.56 Å². The van der Waals surface area contributed by atoms with E-state index in [0.29, 0.717) is 17.3 Å². The van der Waals surface area contributed by atoms with Gasteiger partial charge in [0.1, 0.15) is 0 Å². The van der Waals surface area contributed by atoms with Gasteiger partial charge in [-0.2, -0.15) is 10.2 Å². The van der Waals surface area contributed by atoms with Crippen LogP contribution >= 0.6 is 0 Å². The van der Waals surface area contributed by atoms with Crippen LogP contribution in [0.15, 0.2) is 48.8 Å². The lowest BCUT2D eigenvalue weighted by molar-refractivity contribution is 0.102. The van der Waals surface area contributed by atoms with Gasteiger partial charge in [0.05, 0.1) is 18.0 Å². The zero-order valence-corrected chi connectivity index (χ0v) is 15.2. The summed E-state index contributed by atoms with van der Waals surface area (Å²) in [4.78, 5) is 12.4. The predicted octanol–water partition coefficient (Wildman–Crippen LogP) is 2.90. The quantitative estimate of drug-likeness (QED) is 0.709. The minimum Gasteiger partial charge on any atom is -0.475 e. The van der Waals surface area contributed by atoms with Crippen LogP contribution in [-0.2, 0) is 20.0 Å². The molecule has 0 aliphatic rings. The normalized spacial score (nSPS) is 10.9. The molecule has 0 fully saturated rings. The number of benzene rings is 1. The van der Waals surface area contributed by atoms with Crippen LogP contribution in [0.3, 0.4) is 0 Å². The van der Waals surface area contributed by atoms with E-state index in [4.69, 9.17) is 4.74 Å². The standard InChI is InChI=1S/C19H23N5O2/c1-14(2)26-18-11-17(22-23(18)3)19(25)21-16-12-20-24(13-16)10-9-15-7-5-4-6-8-15/h4-8,11-14H,9-10H2,1-3H3,(H,21,25). The van der Waals surface area contributed by atoms with E-state index in [0.717, 1.165) is 13.0 Å². The topological polar surface area (TPSA) is 74.0 Å². The molecule has 0 unspecified atom stereocenters. The minimum atomic E-state index is -0.290. The second-order valence-corrected chi connectivity index (χ2v) is 6.34. The molecule has 2 heterocycles. The summed E-state index contributed by atoms with van der Waals surface area (Å²) in [6, 6.07) is 11.9. The number of aromatic nitrogens is 4. The summed E-state index contributed by atoms with van der Waals surface area (Å²) in [5.74, 6) is 0.269. The van der Waals surface area contributed by atoms with E-state index >= 15 is 0 Å². The van der Waals surface area contributed by atoms with Crippen molar-refractivity contribution in [2.75, 3.05) is 5.32 Å². The Hall–Kier alpha value is -3.09. The average molecular weight is 353 g/mol. The first-order valence-corrected chi connectivity index (χ1v) is 8.59. The van der Waals surface area contributed by atoms with Gasteiger partial charge in [-0.3, -0.25) is 9.48 Å². The number of hydrogen-bond donors (Lipinski definition) is 1. The summed E-state index contributed by atoms with van der Waals surface area (Å²) < 4.78 is 8.98. The Morgan fingerprint density at radius 1 is 1.27 bits per heavy atom. The van der Waals surface area contributed by atoms with Gasteiger partial charge in [0.25, 0.3) is 5.91 Å². The Balaban J connectivity index is 1.59. The van der Waals surface area contributed by atoms with Gasteiger partial charge in [0, 0.05) is 25.9 Å². The van der Waals surface area contributed by atoms with E-state index in [1.54, 1.807) is 24.0 Å². The molecule has 0 aliphatic heterocycles. The smallest absolute Gasteiger partial charge is 0.276 e. The van der Waals surface area contributed by atoms with E-state index in [1.807, 2.05) is 42.9 Å². The predicted molar refractivity (Wildman–Crippen MR) is 99.3 cm³/mol. The number of nitrogens with zero attached hydrogens (tertiary/aromatic N) is 4. The molecule has 0 saturated carbocycles. The van der Waals surface area contributed by atoms with Crippen LogP contribution in [0.5, 0.6) is 5.88 Å². The molecule has 7 heteroatoms. The van der Waals surface area contributed by atoms with Gasteiger partial charge < -0.3 is 10.1 Å². The fraction of sp³-hybridized carbons (Fsp3) is 0.316. The molecule has 1 amide bonds. The third kappa shape index (κ3) is 4.50. The highest BCUT2D eigenvalue weighted by molar-refractivity contribution is 6.02. The van der Waals surface area contributed by atoms with Crippen molar-refractivity contribution in [3.63, 3.8) is 0 Å². The van der Waals surface area contributed by atoms with Crippen LogP contribution in [-0.4, -0.2) is 31.6 Å². The van der Waals surface area contributed by atoms with Crippen molar-refractivity contribution in [3.05, 3.63) is 60.0 Å². The highest BCUT2D eigenvalue weighted by atomic mass is 16.5. The van der Waals surface area contributed by atoms with Crippen LogP contribution < -0.4 is 10.1 Å². The molecule has 0 spiro atoms. The Labute approximate surface area is 152 Å². The molecule has 1 N–H and O–H groups in total. The lowest BCUT2D eigenvalue weighted by Crippen LogP contribution is -2.12. The zero-order valence-electron chi connectivity index (χ0n) is 15.2. The first-order valence-electron chi connectivity index (χ1n) is 8.59. The van der Waals surface area contributed by atoms with Gasteiger partial charge in [-0.25, -0.2) is 4.68 Å². The van der Waals surface area contributed by atoms with E-state index in [2.05, 4.69) is 27.6 Å². The number of nitrogens with one attached hydrogen (secondary N) is 1. The van der Waals surface area contributed by atoms with Crippen LogP contribution in [0.4, 0.5) is 5.69 Å². The van der Waals surface area contributed by atoms with Gasteiger partial charge in [0.2, 0.25) is 5.88 Å². The van der Waals surface area contributed by atoms with Crippen molar-refractivity contribution in [1.29, 1.82) is 0 Å². The summed E-state index contributed by atoms with van der Waals surface area (Å²) in [5, 5.41) is 11.3. The number of carbonyl (C=O) groups excluding carboxylic acids is 1. The maximum absolute atomic E-state index is 12.4. The first-order chi connectivity index (χ1) is 12.5. The summed E-state index contributed by atoms with van der Waals surface area (Å²) in [6.45, 7) is 4.60. The number of ether oxygens (including phenoxy) is 1. The van der Waals surface area contributed by atoms with Crippen LogP contribution in [0.25, 0.3) is 0 Å². The molecular weight excluding hydrogens is 330 g/mol. The van der Waals surface area contributed by atoms with Gasteiger partial charge in [-0.15, -0.1) is 0 Å². The Morgan fingerprint density at radius 2 is 2.04 bits per heavy atom. The molecule has 1 aromatic carbocycles. The van der Waals surface area contributed by atoms with Crippen molar-refractivity contribution in [3.8, 4) is 5.88 Å². The number of anilines is 1. The summed E-state index contributed by atoms with van der Waals surface area (Å²) >= 11 is 0. The van der Waals surface area contributed by atoms with E-state index in [-0.39, 0.29) is 12.0 Å². The van der Waals surface area contributed by atoms with E-state index < -0.39 is 0 Å². The third-order valence-electron chi connectivity index (χ3n) is 3.79. The van der Waals surface area contributed by atoms with Crippen LogP contribution in [0.1, 0.15) is 29.9 Å².